The van der Waals surface area contributed by atoms with Crippen molar-refractivity contribution in [3.05, 3.63) is 28.7 Å². The van der Waals surface area contributed by atoms with Gasteiger partial charge < -0.3 is 10.1 Å². The van der Waals surface area contributed by atoms with Crippen molar-refractivity contribution in [2.75, 3.05) is 6.61 Å². The molecule has 1 heterocycles. The molecule has 0 saturated heterocycles. The Morgan fingerprint density at radius 1 is 1.47 bits per heavy atom. The maximum Gasteiger partial charge on any atom is 0.246 e. The molecule has 0 aromatic carbocycles. The zero-order valence-electron chi connectivity index (χ0n) is 9.67. The molecule has 1 rings (SSSR count). The number of aromatic amines is 1. The van der Waals surface area contributed by atoms with Crippen LogP contribution in [0.15, 0.2) is 28.2 Å². The summed E-state index contributed by atoms with van der Waals surface area (Å²) >= 11 is 0. The highest BCUT2D eigenvalue weighted by molar-refractivity contribution is 7.89. The largest absolute Gasteiger partial charge is 0.395 e. The number of hydrogen-bond donors (Lipinski definition) is 3. The fourth-order valence-corrected chi connectivity index (χ4v) is 2.69. The van der Waals surface area contributed by atoms with E-state index in [1.165, 1.54) is 6.20 Å². The van der Waals surface area contributed by atoms with Crippen LogP contribution in [0.1, 0.15) is 13.8 Å². The normalized spacial score (nSPS) is 13.9. The van der Waals surface area contributed by atoms with Gasteiger partial charge in [-0.2, -0.15) is 0 Å². The average Bonchev–Trinajstić information content (AvgIpc) is 2.26. The Bertz CT molecular complexity index is 521. The lowest BCUT2D eigenvalue weighted by Crippen LogP contribution is -2.42. The van der Waals surface area contributed by atoms with Crippen molar-refractivity contribution in [2.24, 2.45) is 5.92 Å². The van der Waals surface area contributed by atoms with Gasteiger partial charge in [-0.15, -0.1) is 0 Å². The van der Waals surface area contributed by atoms with Crippen molar-refractivity contribution in [3.8, 4) is 0 Å². The molecule has 3 N–H and O–H groups in total. The van der Waals surface area contributed by atoms with Gasteiger partial charge in [-0.05, 0) is 5.92 Å². The van der Waals surface area contributed by atoms with Crippen LogP contribution in [-0.2, 0) is 10.0 Å². The molecular weight excluding hydrogens is 244 g/mol. The summed E-state index contributed by atoms with van der Waals surface area (Å²) in [5.74, 6) is -0.0717. The Balaban J connectivity index is 3.05. The number of aliphatic hydroxyl groups excluding tert-OH is 1. The summed E-state index contributed by atoms with van der Waals surface area (Å²) in [6.07, 6.45) is 2.48. The van der Waals surface area contributed by atoms with Gasteiger partial charge in [0.05, 0.1) is 6.61 Å². The molecule has 0 aliphatic carbocycles. The molecule has 0 spiro atoms. The fourth-order valence-electron chi connectivity index (χ4n) is 1.26. The number of sulfonamides is 1. The molecule has 0 aliphatic heterocycles. The first-order chi connectivity index (χ1) is 7.88. The number of H-pyrrole nitrogens is 1. The molecule has 6 nitrogen and oxygen atoms in total. The summed E-state index contributed by atoms with van der Waals surface area (Å²) < 4.78 is 26.1. The fraction of sp³-hybridized carbons (Fsp3) is 0.500. The minimum atomic E-state index is -3.90. The predicted octanol–water partition coefficient (Wildman–Crippen LogP) is -0.330. The van der Waals surface area contributed by atoms with E-state index in [2.05, 4.69) is 9.71 Å². The highest BCUT2D eigenvalue weighted by Gasteiger charge is 2.23. The van der Waals surface area contributed by atoms with Crippen LogP contribution in [-0.4, -0.2) is 31.2 Å². The Morgan fingerprint density at radius 2 is 2.12 bits per heavy atom. The van der Waals surface area contributed by atoms with Crippen LogP contribution in [0.2, 0.25) is 0 Å². The van der Waals surface area contributed by atoms with Crippen LogP contribution in [0.3, 0.4) is 0 Å². The van der Waals surface area contributed by atoms with Gasteiger partial charge in [-0.3, -0.25) is 4.79 Å². The van der Waals surface area contributed by atoms with Crippen LogP contribution in [0.25, 0.3) is 0 Å². The third kappa shape index (κ3) is 3.39. The Kier molecular flexibility index (Phi) is 4.44. The van der Waals surface area contributed by atoms with Crippen molar-refractivity contribution >= 4 is 10.0 Å². The number of rotatable bonds is 5. The number of pyridine rings is 1. The molecule has 1 atom stereocenters. The van der Waals surface area contributed by atoms with E-state index >= 15 is 0 Å². The molecule has 7 heteroatoms. The minimum Gasteiger partial charge on any atom is -0.395 e. The Hall–Kier alpha value is -1.18. The molecule has 1 aromatic rings. The second kappa shape index (κ2) is 5.44. The maximum atomic E-state index is 11.9. The lowest BCUT2D eigenvalue weighted by atomic mass is 10.1. The summed E-state index contributed by atoms with van der Waals surface area (Å²) in [4.78, 5) is 13.6. The first kappa shape index (κ1) is 13.9. The average molecular weight is 260 g/mol. The number of aromatic nitrogens is 1. The summed E-state index contributed by atoms with van der Waals surface area (Å²) in [7, 11) is -3.90. The molecule has 0 unspecified atom stereocenters. The van der Waals surface area contributed by atoms with E-state index in [-0.39, 0.29) is 17.4 Å². The molecule has 0 saturated carbocycles. The van der Waals surface area contributed by atoms with E-state index in [1.807, 2.05) is 0 Å². The van der Waals surface area contributed by atoms with Crippen molar-refractivity contribution < 1.29 is 13.5 Å². The van der Waals surface area contributed by atoms with Gasteiger partial charge in [0.25, 0.3) is 0 Å². The van der Waals surface area contributed by atoms with Crippen LogP contribution < -0.4 is 10.2 Å². The van der Waals surface area contributed by atoms with Crippen LogP contribution in [0, 0.1) is 5.92 Å². The molecule has 0 fully saturated rings. The molecule has 1 aromatic heterocycles. The molecule has 17 heavy (non-hydrogen) atoms. The van der Waals surface area contributed by atoms with Crippen molar-refractivity contribution in [2.45, 2.75) is 24.8 Å². The monoisotopic (exact) mass is 260 g/mol. The topological polar surface area (TPSA) is 99.3 Å². The third-order valence-electron chi connectivity index (χ3n) is 2.39. The van der Waals surface area contributed by atoms with Gasteiger partial charge in [-0.25, -0.2) is 13.1 Å². The lowest BCUT2D eigenvalue weighted by molar-refractivity contribution is 0.227. The SMILES string of the molecule is CC(C)[C@@H](CO)NS(=O)(=O)c1c[nH]ccc1=O. The predicted molar refractivity (Wildman–Crippen MR) is 63.1 cm³/mol. The summed E-state index contributed by atoms with van der Waals surface area (Å²) in [6, 6.07) is 0.525. The second-order valence-electron chi connectivity index (χ2n) is 4.03. The van der Waals surface area contributed by atoms with Gasteiger partial charge in [-0.1, -0.05) is 13.8 Å². The zero-order chi connectivity index (χ0) is 13.1. The van der Waals surface area contributed by atoms with E-state index < -0.39 is 21.5 Å². The minimum absolute atomic E-state index is 0.0717. The van der Waals surface area contributed by atoms with E-state index in [0.29, 0.717) is 0 Å². The number of aliphatic hydroxyl groups is 1. The maximum absolute atomic E-state index is 11.9. The first-order valence-electron chi connectivity index (χ1n) is 5.18. The number of nitrogens with one attached hydrogen (secondary N) is 2. The van der Waals surface area contributed by atoms with Gasteiger partial charge in [0.2, 0.25) is 15.5 Å². The molecule has 0 aliphatic rings. The van der Waals surface area contributed by atoms with E-state index in [4.69, 9.17) is 5.11 Å². The second-order valence-corrected chi connectivity index (χ2v) is 5.71. The highest BCUT2D eigenvalue weighted by Crippen LogP contribution is 2.06. The standard InChI is InChI=1S/C10H16N2O4S/c1-7(2)8(6-13)12-17(15,16)10-5-11-4-3-9(10)14/h3-5,7-8,12-13H,6H2,1-2H3,(H,11,14)/t8-/m1/s1. The molecular formula is C10H16N2O4S. The van der Waals surface area contributed by atoms with Gasteiger partial charge in [0.15, 0.2) is 0 Å². The van der Waals surface area contributed by atoms with Crippen LogP contribution in [0.5, 0.6) is 0 Å². The Labute approximate surface area is 99.7 Å². The highest BCUT2D eigenvalue weighted by atomic mass is 32.2. The van der Waals surface area contributed by atoms with Crippen LogP contribution >= 0.6 is 0 Å². The summed E-state index contributed by atoms with van der Waals surface area (Å²) in [5.41, 5.74) is -0.586. The van der Waals surface area contributed by atoms with Crippen molar-refractivity contribution in [1.82, 2.24) is 9.71 Å². The van der Waals surface area contributed by atoms with Gasteiger partial charge in [0, 0.05) is 24.5 Å². The van der Waals surface area contributed by atoms with Crippen molar-refractivity contribution in [3.63, 3.8) is 0 Å². The van der Waals surface area contributed by atoms with Gasteiger partial charge >= 0.3 is 0 Å². The summed E-state index contributed by atoms with van der Waals surface area (Å²) in [6.45, 7) is 3.24. The van der Waals surface area contributed by atoms with E-state index in [0.717, 1.165) is 12.3 Å². The Morgan fingerprint density at radius 3 is 2.59 bits per heavy atom. The first-order valence-corrected chi connectivity index (χ1v) is 6.67. The van der Waals surface area contributed by atoms with Crippen LogP contribution in [0.4, 0.5) is 0 Å². The summed E-state index contributed by atoms with van der Waals surface area (Å²) in [5, 5.41) is 9.06. The number of hydrogen-bond acceptors (Lipinski definition) is 4. The molecule has 0 amide bonds. The molecule has 96 valence electrons. The lowest BCUT2D eigenvalue weighted by Gasteiger charge is -2.19. The third-order valence-corrected chi connectivity index (χ3v) is 3.90. The van der Waals surface area contributed by atoms with E-state index in [1.54, 1.807) is 13.8 Å². The zero-order valence-corrected chi connectivity index (χ0v) is 10.5. The molecule has 0 radical (unpaired) electrons. The van der Waals surface area contributed by atoms with Gasteiger partial charge in [0.1, 0.15) is 4.90 Å². The van der Waals surface area contributed by atoms with E-state index in [9.17, 15) is 13.2 Å². The quantitative estimate of drug-likeness (QED) is 0.675. The molecule has 0 bridgehead atoms. The van der Waals surface area contributed by atoms with Crippen molar-refractivity contribution in [1.29, 1.82) is 0 Å². The smallest absolute Gasteiger partial charge is 0.246 e.